The lowest BCUT2D eigenvalue weighted by Gasteiger charge is -2.34. The van der Waals surface area contributed by atoms with E-state index in [1.54, 1.807) is 0 Å². The van der Waals surface area contributed by atoms with E-state index in [4.69, 9.17) is 0 Å². The van der Waals surface area contributed by atoms with Crippen LogP contribution in [0.25, 0.3) is 5.52 Å². The van der Waals surface area contributed by atoms with Crippen LogP contribution in [0, 0.1) is 0 Å². The number of aromatic nitrogens is 2. The molecule has 0 aliphatic carbocycles. The minimum absolute atomic E-state index is 0.0600. The summed E-state index contributed by atoms with van der Waals surface area (Å²) in [5.74, 6) is 0.116. The van der Waals surface area contributed by atoms with Gasteiger partial charge in [0, 0.05) is 38.8 Å². The maximum absolute atomic E-state index is 13.1. The van der Waals surface area contributed by atoms with E-state index in [0.717, 1.165) is 23.5 Å². The predicted octanol–water partition coefficient (Wildman–Crippen LogP) is 3.36. The molecule has 0 N–H and O–H groups in total. The maximum atomic E-state index is 13.1. The van der Waals surface area contributed by atoms with Crippen LogP contribution in [-0.4, -0.2) is 63.4 Å². The summed E-state index contributed by atoms with van der Waals surface area (Å²) < 4.78 is 1.95. The number of hydrogen-bond acceptors (Lipinski definition) is 4. The average molecular weight is 423 g/mol. The number of fused-ring (bicyclic) bond motifs is 1. The predicted molar refractivity (Wildman–Crippen MR) is 119 cm³/mol. The average Bonchev–Trinajstić information content (AvgIpc) is 3.18. The lowest BCUT2D eigenvalue weighted by Crippen LogP contribution is -2.50. The summed E-state index contributed by atoms with van der Waals surface area (Å²) in [6.07, 6.45) is 6.19. The summed E-state index contributed by atoms with van der Waals surface area (Å²) in [7, 11) is 0. The third-order valence-corrected chi connectivity index (χ3v) is 6.17. The third kappa shape index (κ3) is 4.36. The van der Waals surface area contributed by atoms with Crippen molar-refractivity contribution in [2.75, 3.05) is 32.4 Å². The van der Waals surface area contributed by atoms with Crippen LogP contribution < -0.4 is 0 Å². The molecule has 0 bridgehead atoms. The second kappa shape index (κ2) is 9.34. The summed E-state index contributed by atoms with van der Waals surface area (Å²) in [5, 5.41) is 0.807. The fourth-order valence-electron chi connectivity index (χ4n) is 3.87. The molecular formula is C23H26N4O2S. The highest BCUT2D eigenvalue weighted by Crippen LogP contribution is 2.21. The molecule has 7 heteroatoms. The van der Waals surface area contributed by atoms with Crippen LogP contribution in [-0.2, 0) is 11.2 Å². The van der Waals surface area contributed by atoms with Crippen LogP contribution in [0.3, 0.4) is 0 Å². The largest absolute Gasteiger partial charge is 0.339 e. The van der Waals surface area contributed by atoms with E-state index in [9.17, 15) is 9.59 Å². The molecule has 2 amide bonds. The Bertz CT molecular complexity index is 1030. The van der Waals surface area contributed by atoms with Crippen molar-refractivity contribution in [3.8, 4) is 0 Å². The number of carbonyl (C=O) groups is 2. The quantitative estimate of drug-likeness (QED) is 0.572. The Morgan fingerprint density at radius 3 is 2.40 bits per heavy atom. The minimum atomic E-state index is -0.0600. The molecule has 6 nitrogen and oxygen atoms in total. The number of nitrogens with zero attached hydrogens (tertiary/aromatic N) is 4. The van der Waals surface area contributed by atoms with Crippen LogP contribution >= 0.6 is 11.8 Å². The summed E-state index contributed by atoms with van der Waals surface area (Å²) in [5.41, 5.74) is 2.58. The van der Waals surface area contributed by atoms with Crippen molar-refractivity contribution >= 4 is 29.1 Å². The van der Waals surface area contributed by atoms with Crippen LogP contribution in [0.5, 0.6) is 0 Å². The molecule has 1 aromatic carbocycles. The second-order valence-corrected chi connectivity index (χ2v) is 8.19. The maximum Gasteiger partial charge on any atom is 0.274 e. The molecule has 0 saturated carbocycles. The monoisotopic (exact) mass is 422 g/mol. The van der Waals surface area contributed by atoms with E-state index < -0.39 is 0 Å². The van der Waals surface area contributed by atoms with Gasteiger partial charge in [-0.05, 0) is 36.8 Å². The van der Waals surface area contributed by atoms with Gasteiger partial charge >= 0.3 is 0 Å². The zero-order valence-corrected chi connectivity index (χ0v) is 18.0. The Kier molecular flexibility index (Phi) is 6.38. The summed E-state index contributed by atoms with van der Waals surface area (Å²) >= 11 is 1.52. The number of carbonyl (C=O) groups excluding carboxylic acids is 2. The zero-order chi connectivity index (χ0) is 20.9. The van der Waals surface area contributed by atoms with E-state index in [2.05, 4.69) is 17.1 Å². The molecule has 0 radical (unpaired) electrons. The van der Waals surface area contributed by atoms with Gasteiger partial charge in [0.2, 0.25) is 5.91 Å². The van der Waals surface area contributed by atoms with Crippen LogP contribution in [0.2, 0.25) is 0 Å². The molecule has 1 aliphatic heterocycles. The van der Waals surface area contributed by atoms with E-state index in [0.29, 0.717) is 38.3 Å². The molecule has 3 heterocycles. The normalized spacial score (nSPS) is 14.3. The highest BCUT2D eigenvalue weighted by molar-refractivity contribution is 7.98. The Balaban J connectivity index is 1.32. The molecule has 4 rings (SSSR count). The Morgan fingerprint density at radius 1 is 0.967 bits per heavy atom. The first-order valence-electron chi connectivity index (χ1n) is 10.3. The van der Waals surface area contributed by atoms with Gasteiger partial charge in [-0.1, -0.05) is 48.2 Å². The molecular weight excluding hydrogens is 396 g/mol. The first kappa shape index (κ1) is 20.5. The van der Waals surface area contributed by atoms with Crippen molar-refractivity contribution in [3.05, 3.63) is 66.0 Å². The Morgan fingerprint density at radius 2 is 1.67 bits per heavy atom. The fourth-order valence-corrected chi connectivity index (χ4v) is 4.40. The molecule has 1 aliphatic rings. The number of benzene rings is 1. The van der Waals surface area contributed by atoms with Gasteiger partial charge in [-0.25, -0.2) is 4.98 Å². The van der Waals surface area contributed by atoms with Gasteiger partial charge in [-0.3, -0.25) is 14.0 Å². The topological polar surface area (TPSA) is 57.9 Å². The van der Waals surface area contributed by atoms with Gasteiger partial charge in [0.05, 0.1) is 5.52 Å². The van der Waals surface area contributed by atoms with Crippen molar-refractivity contribution < 1.29 is 9.59 Å². The Hall–Kier alpha value is -2.80. The van der Waals surface area contributed by atoms with Crippen molar-refractivity contribution in [2.24, 2.45) is 0 Å². The highest BCUT2D eigenvalue weighted by Gasteiger charge is 2.27. The highest BCUT2D eigenvalue weighted by atomic mass is 32.2. The second-order valence-electron chi connectivity index (χ2n) is 7.42. The molecule has 0 unspecified atom stereocenters. The summed E-state index contributed by atoms with van der Waals surface area (Å²) in [4.78, 5) is 33.9. The van der Waals surface area contributed by atoms with Gasteiger partial charge in [0.15, 0.2) is 10.9 Å². The Labute approximate surface area is 180 Å². The molecule has 30 heavy (non-hydrogen) atoms. The number of aryl methyl sites for hydroxylation is 1. The SMILES string of the molecule is CSc1nc(C(=O)N2CCN(C(=O)CCCc3ccccc3)CC2)c2ccccn12. The lowest BCUT2D eigenvalue weighted by molar-refractivity contribution is -0.132. The van der Waals surface area contributed by atoms with E-state index in [1.807, 2.05) is 63.1 Å². The van der Waals surface area contributed by atoms with E-state index in [-0.39, 0.29) is 11.8 Å². The number of piperazine rings is 1. The van der Waals surface area contributed by atoms with E-state index >= 15 is 0 Å². The smallest absolute Gasteiger partial charge is 0.274 e. The van der Waals surface area contributed by atoms with Crippen molar-refractivity contribution in [3.63, 3.8) is 0 Å². The van der Waals surface area contributed by atoms with E-state index in [1.165, 1.54) is 17.3 Å². The van der Waals surface area contributed by atoms with Crippen molar-refractivity contribution in [1.29, 1.82) is 0 Å². The number of imidazole rings is 1. The van der Waals surface area contributed by atoms with Crippen molar-refractivity contribution in [2.45, 2.75) is 24.4 Å². The van der Waals surface area contributed by atoms with Gasteiger partial charge in [-0.15, -0.1) is 0 Å². The van der Waals surface area contributed by atoms with Crippen LogP contribution in [0.15, 0.2) is 59.9 Å². The number of hydrogen-bond donors (Lipinski definition) is 0. The minimum Gasteiger partial charge on any atom is -0.339 e. The van der Waals surface area contributed by atoms with Crippen molar-refractivity contribution in [1.82, 2.24) is 19.2 Å². The molecule has 1 saturated heterocycles. The number of thioether (sulfide) groups is 1. The number of pyridine rings is 1. The molecule has 0 atom stereocenters. The lowest BCUT2D eigenvalue weighted by atomic mass is 10.1. The molecule has 0 spiro atoms. The molecule has 156 valence electrons. The molecule has 1 fully saturated rings. The summed E-state index contributed by atoms with van der Waals surface area (Å²) in [6.45, 7) is 2.25. The summed E-state index contributed by atoms with van der Waals surface area (Å²) in [6, 6.07) is 16.0. The number of amides is 2. The van der Waals surface area contributed by atoms with Gasteiger partial charge in [0.1, 0.15) is 0 Å². The van der Waals surface area contributed by atoms with Crippen LogP contribution in [0.4, 0.5) is 0 Å². The zero-order valence-electron chi connectivity index (χ0n) is 17.2. The fraction of sp³-hybridized carbons (Fsp3) is 0.348. The van der Waals surface area contributed by atoms with Gasteiger partial charge in [0.25, 0.3) is 5.91 Å². The molecule has 2 aromatic heterocycles. The first-order valence-corrected chi connectivity index (χ1v) is 11.5. The standard InChI is InChI=1S/C23H26N4O2S/c1-30-23-24-21(19-11-5-6-13-27(19)23)22(29)26-16-14-25(15-17-26)20(28)12-7-10-18-8-3-2-4-9-18/h2-6,8-9,11,13H,7,10,12,14-17H2,1H3. The molecule has 3 aromatic rings. The van der Waals surface area contributed by atoms with Gasteiger partial charge < -0.3 is 9.80 Å². The first-order chi connectivity index (χ1) is 14.7. The van der Waals surface area contributed by atoms with Gasteiger partial charge in [-0.2, -0.15) is 0 Å². The number of rotatable bonds is 6. The third-order valence-electron chi connectivity index (χ3n) is 5.52. The van der Waals surface area contributed by atoms with Crippen LogP contribution in [0.1, 0.15) is 28.9 Å².